The van der Waals surface area contributed by atoms with Gasteiger partial charge in [0.2, 0.25) is 5.91 Å². The molecule has 0 bridgehead atoms. The number of carbonyl (C=O) groups is 1. The number of carbonyl (C=O) groups excluding carboxylic acids is 1. The van der Waals surface area contributed by atoms with Crippen molar-refractivity contribution in [2.45, 2.75) is 18.0 Å². The Hall–Kier alpha value is -0.840. The topological polar surface area (TPSA) is 35.6 Å². The Labute approximate surface area is 114 Å². The maximum atomic E-state index is 11.2. The van der Waals surface area contributed by atoms with Gasteiger partial charge < -0.3 is 10.2 Å². The Morgan fingerprint density at radius 1 is 1.33 bits per heavy atom. The van der Waals surface area contributed by atoms with Gasteiger partial charge in [-0.25, -0.2) is 0 Å². The number of nitrogens with zero attached hydrogens (tertiary/aromatic N) is 2. The quantitative estimate of drug-likeness (QED) is 0.600. The zero-order valence-electron chi connectivity index (χ0n) is 11.5. The summed E-state index contributed by atoms with van der Waals surface area (Å²) in [6.07, 6.45) is 7.66. The van der Waals surface area contributed by atoms with Crippen molar-refractivity contribution in [2.75, 3.05) is 34.2 Å². The van der Waals surface area contributed by atoms with Crippen LogP contribution in [0.2, 0.25) is 0 Å². The normalized spacial score (nSPS) is 26.9. The van der Waals surface area contributed by atoms with Crippen LogP contribution in [-0.4, -0.2) is 61.0 Å². The monoisotopic (exact) mass is 271 g/mol. The Kier molecular flexibility index (Phi) is 5.38. The van der Waals surface area contributed by atoms with Crippen molar-refractivity contribution in [3.63, 3.8) is 0 Å². The van der Waals surface area contributed by atoms with Gasteiger partial charge in [0.25, 0.3) is 0 Å². The van der Waals surface area contributed by atoms with Crippen molar-refractivity contribution in [1.29, 1.82) is 0 Å². The number of allylic oxidation sites excluding steroid dienone is 2. The molecule has 0 aromatic rings. The third-order valence-electron chi connectivity index (χ3n) is 3.01. The lowest BCUT2D eigenvalue weighted by atomic mass is 10.0. The maximum Gasteiger partial charge on any atom is 0.217 e. The van der Waals surface area contributed by atoms with Crippen LogP contribution in [0.4, 0.5) is 0 Å². The summed E-state index contributed by atoms with van der Waals surface area (Å²) in [4.78, 5) is 14.7. The first-order valence-electron chi connectivity index (χ1n) is 6.04. The summed E-state index contributed by atoms with van der Waals surface area (Å²) in [6.45, 7) is 3.24. The molecule has 1 aliphatic carbocycles. The summed E-state index contributed by atoms with van der Waals surface area (Å²) in [5.74, 6) is -0.0778. The van der Waals surface area contributed by atoms with E-state index in [0.717, 1.165) is 13.1 Å². The van der Waals surface area contributed by atoms with E-state index in [1.807, 2.05) is 45.4 Å². The Bertz CT molecular complexity index is 354. The Morgan fingerprint density at radius 3 is 2.56 bits per heavy atom. The number of nitrogens with one attached hydrogen (secondary N) is 1. The van der Waals surface area contributed by atoms with E-state index < -0.39 is 5.00 Å². The van der Waals surface area contributed by atoms with Gasteiger partial charge in [-0.2, -0.15) is 0 Å². The van der Waals surface area contributed by atoms with Gasteiger partial charge in [0.15, 0.2) is 0 Å². The van der Waals surface area contributed by atoms with Crippen LogP contribution >= 0.6 is 11.6 Å². The molecular formula is C13H22ClN3O. The number of hydrogen-bond donors (Lipinski definition) is 1. The maximum absolute atomic E-state index is 11.2. The average Bonchev–Trinajstić information content (AvgIpc) is 2.28. The highest BCUT2D eigenvalue weighted by molar-refractivity contribution is 6.26. The summed E-state index contributed by atoms with van der Waals surface area (Å²) in [5.41, 5.74) is 0. The molecule has 102 valence electrons. The summed E-state index contributed by atoms with van der Waals surface area (Å²) in [7, 11) is 6.02. The second-order valence-corrected chi connectivity index (χ2v) is 5.48. The van der Waals surface area contributed by atoms with E-state index in [1.54, 1.807) is 0 Å². The van der Waals surface area contributed by atoms with E-state index in [-0.39, 0.29) is 11.9 Å². The molecule has 1 N–H and O–H groups in total. The summed E-state index contributed by atoms with van der Waals surface area (Å²) < 4.78 is 0. The first kappa shape index (κ1) is 15.2. The zero-order valence-corrected chi connectivity index (χ0v) is 12.2. The van der Waals surface area contributed by atoms with Crippen molar-refractivity contribution in [1.82, 2.24) is 15.1 Å². The third kappa shape index (κ3) is 3.83. The molecule has 5 heteroatoms. The molecule has 0 aliphatic heterocycles. The average molecular weight is 272 g/mol. The predicted molar refractivity (Wildman–Crippen MR) is 75.7 cm³/mol. The van der Waals surface area contributed by atoms with Crippen LogP contribution < -0.4 is 5.32 Å². The first-order chi connectivity index (χ1) is 8.36. The molecule has 1 amide bonds. The van der Waals surface area contributed by atoms with Crippen LogP contribution in [0, 0.1) is 0 Å². The lowest BCUT2D eigenvalue weighted by Crippen LogP contribution is -2.57. The van der Waals surface area contributed by atoms with Gasteiger partial charge >= 0.3 is 0 Å². The molecule has 0 fully saturated rings. The minimum absolute atomic E-state index is 0.0778. The minimum atomic E-state index is -0.698. The fraction of sp³-hybridized carbons (Fsp3) is 0.615. The molecule has 1 rings (SSSR count). The molecule has 1 aliphatic rings. The zero-order chi connectivity index (χ0) is 13.8. The number of likely N-dealkylation sites (N-methyl/N-ethyl adjacent to an activating group) is 2. The van der Waals surface area contributed by atoms with Gasteiger partial charge in [-0.15, -0.1) is 0 Å². The number of alkyl halides is 1. The van der Waals surface area contributed by atoms with Gasteiger partial charge in [-0.05, 0) is 27.2 Å². The predicted octanol–water partition coefficient (Wildman–Crippen LogP) is 1.05. The summed E-state index contributed by atoms with van der Waals surface area (Å²) in [5, 5.41) is 2.88. The highest BCUT2D eigenvalue weighted by Gasteiger charge is 2.38. The second kappa shape index (κ2) is 6.36. The Morgan fingerprint density at radius 2 is 2.00 bits per heavy atom. The third-order valence-corrected chi connectivity index (χ3v) is 3.66. The molecule has 0 aromatic heterocycles. The molecule has 0 heterocycles. The number of halogens is 1. The number of hydrogen-bond acceptors (Lipinski definition) is 3. The number of rotatable bonds is 5. The number of amides is 1. The summed E-state index contributed by atoms with van der Waals surface area (Å²) >= 11 is 6.67. The van der Waals surface area contributed by atoms with Crippen molar-refractivity contribution in [3.05, 3.63) is 24.3 Å². The fourth-order valence-corrected chi connectivity index (χ4v) is 2.14. The van der Waals surface area contributed by atoms with E-state index >= 15 is 0 Å². The van der Waals surface area contributed by atoms with Crippen LogP contribution in [-0.2, 0) is 4.79 Å². The van der Waals surface area contributed by atoms with E-state index in [0.29, 0.717) is 0 Å². The van der Waals surface area contributed by atoms with Crippen molar-refractivity contribution in [3.8, 4) is 0 Å². The molecule has 0 aromatic carbocycles. The lowest BCUT2D eigenvalue weighted by molar-refractivity contribution is -0.119. The highest BCUT2D eigenvalue weighted by Crippen LogP contribution is 2.29. The van der Waals surface area contributed by atoms with E-state index in [9.17, 15) is 4.79 Å². The van der Waals surface area contributed by atoms with Gasteiger partial charge in [0, 0.05) is 20.0 Å². The molecular weight excluding hydrogens is 250 g/mol. The van der Waals surface area contributed by atoms with Crippen LogP contribution in [0.15, 0.2) is 24.3 Å². The molecule has 0 saturated carbocycles. The molecule has 18 heavy (non-hydrogen) atoms. The smallest absolute Gasteiger partial charge is 0.217 e. The molecule has 2 unspecified atom stereocenters. The Balaban J connectivity index is 2.76. The van der Waals surface area contributed by atoms with E-state index in [4.69, 9.17) is 11.6 Å². The molecule has 0 radical (unpaired) electrons. The van der Waals surface area contributed by atoms with Crippen LogP contribution in [0.3, 0.4) is 0 Å². The molecule has 4 nitrogen and oxygen atoms in total. The first-order valence-corrected chi connectivity index (χ1v) is 6.42. The minimum Gasteiger partial charge on any atom is -0.347 e. The van der Waals surface area contributed by atoms with Crippen LogP contribution in [0.1, 0.15) is 6.92 Å². The van der Waals surface area contributed by atoms with Gasteiger partial charge in [-0.1, -0.05) is 29.8 Å². The fourth-order valence-electron chi connectivity index (χ4n) is 1.86. The van der Waals surface area contributed by atoms with Crippen LogP contribution in [0.5, 0.6) is 0 Å². The highest BCUT2D eigenvalue weighted by atomic mass is 35.5. The SMILES string of the molecule is CC(=O)NC1C=CC=CC1(Cl)N(C)CCN(C)C. The molecule has 0 spiro atoms. The second-order valence-electron chi connectivity index (χ2n) is 4.87. The van der Waals surface area contributed by atoms with Gasteiger partial charge in [-0.3, -0.25) is 9.69 Å². The largest absolute Gasteiger partial charge is 0.347 e. The van der Waals surface area contributed by atoms with Gasteiger partial charge in [0.1, 0.15) is 5.00 Å². The van der Waals surface area contributed by atoms with Gasteiger partial charge in [0.05, 0.1) is 6.04 Å². The summed E-state index contributed by atoms with van der Waals surface area (Å²) in [6, 6.07) is -0.214. The van der Waals surface area contributed by atoms with E-state index in [1.165, 1.54) is 6.92 Å². The standard InChI is InChI=1S/C13H22ClN3O/c1-11(18)15-12-7-5-6-8-13(12,14)17(4)10-9-16(2)3/h5-8,12H,9-10H2,1-4H3,(H,15,18). The lowest BCUT2D eigenvalue weighted by Gasteiger charge is -2.41. The van der Waals surface area contributed by atoms with Crippen molar-refractivity contribution < 1.29 is 4.79 Å². The van der Waals surface area contributed by atoms with E-state index in [2.05, 4.69) is 15.1 Å². The van der Waals surface area contributed by atoms with Crippen molar-refractivity contribution >= 4 is 17.5 Å². The molecule has 0 saturated heterocycles. The van der Waals surface area contributed by atoms with Crippen LogP contribution in [0.25, 0.3) is 0 Å². The van der Waals surface area contributed by atoms with Crippen molar-refractivity contribution in [2.24, 2.45) is 0 Å². The molecule has 2 atom stereocenters.